The Morgan fingerprint density at radius 3 is 2.91 bits per heavy atom. The smallest absolute Gasteiger partial charge is 0.227 e. The molecule has 0 unspecified atom stereocenters. The van der Waals surface area contributed by atoms with Gasteiger partial charge >= 0.3 is 0 Å². The van der Waals surface area contributed by atoms with Crippen LogP contribution in [0.25, 0.3) is 0 Å². The van der Waals surface area contributed by atoms with E-state index in [1.165, 1.54) is 9.75 Å². The summed E-state index contributed by atoms with van der Waals surface area (Å²) in [4.78, 5) is 23.7. The molecule has 3 rings (SSSR count). The Labute approximate surface area is 139 Å². The van der Waals surface area contributed by atoms with Crippen molar-refractivity contribution < 1.29 is 4.79 Å². The minimum absolute atomic E-state index is 0.261. The molecule has 0 saturated carbocycles. The Kier molecular flexibility index (Phi) is 5.23. The fraction of sp³-hybridized carbons (Fsp3) is 0.500. The summed E-state index contributed by atoms with van der Waals surface area (Å²) in [6.07, 6.45) is 1.59. The molecule has 0 aliphatic carbocycles. The summed E-state index contributed by atoms with van der Waals surface area (Å²) in [5.41, 5.74) is 3.02. The number of carbonyl (C=O) groups excluding carboxylic acids is 1. The van der Waals surface area contributed by atoms with Gasteiger partial charge in [-0.05, 0) is 25.5 Å². The summed E-state index contributed by atoms with van der Waals surface area (Å²) in [5.74, 6) is 0.261. The molecule has 118 valence electrons. The molecule has 22 heavy (non-hydrogen) atoms. The van der Waals surface area contributed by atoms with Gasteiger partial charge in [0.05, 0.1) is 17.6 Å². The lowest BCUT2D eigenvalue weighted by Gasteiger charge is -2.21. The Morgan fingerprint density at radius 1 is 1.27 bits per heavy atom. The summed E-state index contributed by atoms with van der Waals surface area (Å²) in [6.45, 7) is 6.66. The molecule has 0 bridgehead atoms. The van der Waals surface area contributed by atoms with E-state index >= 15 is 0 Å². The molecule has 0 aromatic carbocycles. The third kappa shape index (κ3) is 4.15. The van der Waals surface area contributed by atoms with Crippen LogP contribution in [0.3, 0.4) is 0 Å². The standard InChI is InChI=1S/C16H21N3OS2/c1-13-3-4-15(22-13)9-16(20)19-6-2-5-18(7-8-19)10-14-11-21-12-17-14/h3-4,11-12H,2,5-10H2,1H3. The van der Waals surface area contributed by atoms with Crippen molar-refractivity contribution in [1.29, 1.82) is 0 Å². The van der Waals surface area contributed by atoms with Crippen molar-refractivity contribution >= 4 is 28.6 Å². The van der Waals surface area contributed by atoms with Gasteiger partial charge in [-0.15, -0.1) is 22.7 Å². The number of carbonyl (C=O) groups is 1. The minimum Gasteiger partial charge on any atom is -0.341 e. The zero-order valence-corrected chi connectivity index (χ0v) is 14.5. The molecule has 0 N–H and O–H groups in total. The monoisotopic (exact) mass is 335 g/mol. The van der Waals surface area contributed by atoms with Crippen molar-refractivity contribution in [2.75, 3.05) is 26.2 Å². The predicted octanol–water partition coefficient (Wildman–Crippen LogP) is 2.79. The molecule has 0 atom stereocenters. The summed E-state index contributed by atoms with van der Waals surface area (Å²) in [5, 5.41) is 2.10. The van der Waals surface area contributed by atoms with Gasteiger partial charge in [0.25, 0.3) is 0 Å². The highest BCUT2D eigenvalue weighted by molar-refractivity contribution is 7.12. The first-order valence-electron chi connectivity index (χ1n) is 7.63. The quantitative estimate of drug-likeness (QED) is 0.862. The summed E-state index contributed by atoms with van der Waals surface area (Å²) in [7, 11) is 0. The number of amides is 1. The van der Waals surface area contributed by atoms with Crippen molar-refractivity contribution in [3.8, 4) is 0 Å². The molecule has 0 spiro atoms. The lowest BCUT2D eigenvalue weighted by Crippen LogP contribution is -2.35. The molecule has 0 radical (unpaired) electrons. The second-order valence-electron chi connectivity index (χ2n) is 5.68. The van der Waals surface area contributed by atoms with Gasteiger partial charge in [-0.25, -0.2) is 4.98 Å². The van der Waals surface area contributed by atoms with Crippen molar-refractivity contribution in [3.05, 3.63) is 38.5 Å². The SMILES string of the molecule is Cc1ccc(CC(=O)N2CCCN(Cc3cscn3)CC2)s1. The first-order chi connectivity index (χ1) is 10.7. The number of rotatable bonds is 4. The molecule has 4 nitrogen and oxygen atoms in total. The van der Waals surface area contributed by atoms with Crippen molar-refractivity contribution in [2.24, 2.45) is 0 Å². The Hall–Kier alpha value is -1.24. The van der Waals surface area contributed by atoms with Crippen LogP contribution < -0.4 is 0 Å². The van der Waals surface area contributed by atoms with E-state index in [0.717, 1.165) is 44.8 Å². The van der Waals surface area contributed by atoms with Crippen LogP contribution in [0.2, 0.25) is 0 Å². The average Bonchev–Trinajstić information content (AvgIpc) is 3.07. The normalized spacial score (nSPS) is 16.7. The first-order valence-corrected chi connectivity index (χ1v) is 9.39. The Morgan fingerprint density at radius 2 is 2.18 bits per heavy atom. The Balaban J connectivity index is 1.52. The topological polar surface area (TPSA) is 36.4 Å². The van der Waals surface area contributed by atoms with Crippen molar-refractivity contribution in [3.63, 3.8) is 0 Å². The number of nitrogens with zero attached hydrogens (tertiary/aromatic N) is 3. The van der Waals surface area contributed by atoms with Gasteiger partial charge in [0.15, 0.2) is 0 Å². The maximum absolute atomic E-state index is 12.5. The molecule has 6 heteroatoms. The van der Waals surface area contributed by atoms with Gasteiger partial charge in [0.1, 0.15) is 0 Å². The van der Waals surface area contributed by atoms with Crippen LogP contribution in [0, 0.1) is 6.92 Å². The van der Waals surface area contributed by atoms with E-state index in [1.807, 2.05) is 10.4 Å². The second-order valence-corrected chi connectivity index (χ2v) is 7.77. The number of hydrogen-bond donors (Lipinski definition) is 0. The number of aryl methyl sites for hydroxylation is 1. The van der Waals surface area contributed by atoms with Crippen LogP contribution in [0.15, 0.2) is 23.0 Å². The molecule has 1 fully saturated rings. The number of thiophene rings is 1. The van der Waals surface area contributed by atoms with Crippen LogP contribution in [-0.4, -0.2) is 46.9 Å². The Bertz CT molecular complexity index is 609. The third-order valence-corrected chi connectivity index (χ3v) is 5.57. The summed E-state index contributed by atoms with van der Waals surface area (Å²) >= 11 is 3.36. The van der Waals surface area contributed by atoms with Crippen LogP contribution in [0.4, 0.5) is 0 Å². The van der Waals surface area contributed by atoms with Gasteiger partial charge in [-0.1, -0.05) is 0 Å². The molecule has 1 aliphatic heterocycles. The molecule has 1 aliphatic rings. The van der Waals surface area contributed by atoms with Crippen LogP contribution >= 0.6 is 22.7 Å². The molecule has 2 aromatic rings. The highest BCUT2D eigenvalue weighted by Crippen LogP contribution is 2.17. The fourth-order valence-corrected chi connectivity index (χ4v) is 4.20. The fourth-order valence-electron chi connectivity index (χ4n) is 2.76. The molecule has 1 saturated heterocycles. The van der Waals surface area contributed by atoms with Gasteiger partial charge < -0.3 is 4.90 Å². The van der Waals surface area contributed by atoms with E-state index in [2.05, 4.69) is 34.3 Å². The van der Waals surface area contributed by atoms with E-state index in [-0.39, 0.29) is 5.91 Å². The molecule has 3 heterocycles. The van der Waals surface area contributed by atoms with Crippen LogP contribution in [-0.2, 0) is 17.8 Å². The van der Waals surface area contributed by atoms with E-state index in [1.54, 1.807) is 22.7 Å². The van der Waals surface area contributed by atoms with Gasteiger partial charge in [0, 0.05) is 47.9 Å². The zero-order chi connectivity index (χ0) is 15.4. The van der Waals surface area contributed by atoms with Gasteiger partial charge in [0.2, 0.25) is 5.91 Å². The number of thiazole rings is 1. The predicted molar refractivity (Wildman–Crippen MR) is 91.3 cm³/mol. The second kappa shape index (κ2) is 7.35. The number of hydrogen-bond acceptors (Lipinski definition) is 5. The van der Waals surface area contributed by atoms with Gasteiger partial charge in [-0.2, -0.15) is 0 Å². The summed E-state index contributed by atoms with van der Waals surface area (Å²) in [6, 6.07) is 4.16. The first kappa shape index (κ1) is 15.6. The van der Waals surface area contributed by atoms with Crippen molar-refractivity contribution in [2.45, 2.75) is 26.3 Å². The van der Waals surface area contributed by atoms with E-state index in [9.17, 15) is 4.79 Å². The van der Waals surface area contributed by atoms with Crippen LogP contribution in [0.5, 0.6) is 0 Å². The lowest BCUT2D eigenvalue weighted by atomic mass is 10.3. The van der Waals surface area contributed by atoms with Crippen molar-refractivity contribution in [1.82, 2.24) is 14.8 Å². The van der Waals surface area contributed by atoms with E-state index in [4.69, 9.17) is 0 Å². The lowest BCUT2D eigenvalue weighted by molar-refractivity contribution is -0.130. The molecular formula is C16H21N3OS2. The van der Waals surface area contributed by atoms with Gasteiger partial charge in [-0.3, -0.25) is 9.69 Å². The maximum Gasteiger partial charge on any atom is 0.227 e. The maximum atomic E-state index is 12.5. The molecular weight excluding hydrogens is 314 g/mol. The third-order valence-electron chi connectivity index (χ3n) is 3.93. The largest absolute Gasteiger partial charge is 0.341 e. The average molecular weight is 335 g/mol. The highest BCUT2D eigenvalue weighted by Gasteiger charge is 2.20. The minimum atomic E-state index is 0.261. The molecule has 2 aromatic heterocycles. The highest BCUT2D eigenvalue weighted by atomic mass is 32.1. The van der Waals surface area contributed by atoms with Crippen LogP contribution in [0.1, 0.15) is 21.9 Å². The van der Waals surface area contributed by atoms with E-state index in [0.29, 0.717) is 6.42 Å². The molecule has 1 amide bonds. The summed E-state index contributed by atoms with van der Waals surface area (Å²) < 4.78 is 0. The zero-order valence-electron chi connectivity index (χ0n) is 12.8. The number of aromatic nitrogens is 1. The van der Waals surface area contributed by atoms with E-state index < -0.39 is 0 Å².